The third-order valence-corrected chi connectivity index (χ3v) is 6.30. The van der Waals surface area contributed by atoms with E-state index in [1.807, 2.05) is 6.92 Å². The molecule has 158 valence electrons. The number of amides is 1. The number of halogens is 2. The largest absolute Gasteiger partial charge is 0.382 e. The number of rotatable bonds is 11. The first-order chi connectivity index (χ1) is 13.8. The van der Waals surface area contributed by atoms with Gasteiger partial charge in [0, 0.05) is 36.3 Å². The molecule has 0 aromatic heterocycles. The first-order valence-electron chi connectivity index (χ1n) is 9.17. The molecule has 0 saturated heterocycles. The smallest absolute Gasteiger partial charge is 0.243 e. The predicted octanol–water partition coefficient (Wildman–Crippen LogP) is 3.73. The molecule has 1 amide bonds. The van der Waals surface area contributed by atoms with Gasteiger partial charge in [0.15, 0.2) is 0 Å². The summed E-state index contributed by atoms with van der Waals surface area (Å²) in [6, 6.07) is 12.7. The number of nitrogens with zero attached hydrogens (tertiary/aromatic N) is 1. The molecule has 2 aromatic carbocycles. The lowest BCUT2D eigenvalue weighted by molar-refractivity contribution is -0.121. The summed E-state index contributed by atoms with van der Waals surface area (Å²) in [5, 5.41) is 3.65. The van der Waals surface area contributed by atoms with Gasteiger partial charge in [0.2, 0.25) is 15.9 Å². The zero-order valence-corrected chi connectivity index (χ0v) is 18.4. The van der Waals surface area contributed by atoms with Gasteiger partial charge in [-0.05, 0) is 55.3 Å². The normalized spacial score (nSPS) is 11.6. The number of carbonyl (C=O) groups is 1. The van der Waals surface area contributed by atoms with Gasteiger partial charge in [-0.2, -0.15) is 4.31 Å². The van der Waals surface area contributed by atoms with Gasteiger partial charge in [-0.25, -0.2) is 8.42 Å². The summed E-state index contributed by atoms with van der Waals surface area (Å²) in [6.07, 6.45) is 0.651. The molecule has 2 aromatic rings. The summed E-state index contributed by atoms with van der Waals surface area (Å²) < 4.78 is 32.6. The topological polar surface area (TPSA) is 75.7 Å². The van der Waals surface area contributed by atoms with Crippen LogP contribution < -0.4 is 5.32 Å². The number of hydrogen-bond acceptors (Lipinski definition) is 4. The highest BCUT2D eigenvalue weighted by atomic mass is 35.5. The van der Waals surface area contributed by atoms with Crippen LogP contribution in [-0.4, -0.2) is 44.9 Å². The highest BCUT2D eigenvalue weighted by molar-refractivity contribution is 7.89. The average Bonchev–Trinajstić information content (AvgIpc) is 2.68. The van der Waals surface area contributed by atoms with Crippen LogP contribution in [-0.2, 0) is 26.1 Å². The van der Waals surface area contributed by atoms with Gasteiger partial charge in [-0.1, -0.05) is 35.3 Å². The molecule has 2 rings (SSSR count). The van der Waals surface area contributed by atoms with E-state index in [2.05, 4.69) is 5.32 Å². The molecule has 29 heavy (non-hydrogen) atoms. The lowest BCUT2D eigenvalue weighted by Gasteiger charge is -2.22. The van der Waals surface area contributed by atoms with Crippen molar-refractivity contribution in [2.75, 3.05) is 26.3 Å². The van der Waals surface area contributed by atoms with E-state index in [-0.39, 0.29) is 23.9 Å². The van der Waals surface area contributed by atoms with Gasteiger partial charge in [0.25, 0.3) is 0 Å². The van der Waals surface area contributed by atoms with E-state index in [1.54, 1.807) is 24.3 Å². The molecule has 0 aliphatic heterocycles. The summed E-state index contributed by atoms with van der Waals surface area (Å²) in [5.41, 5.74) is 0.680. The van der Waals surface area contributed by atoms with E-state index in [0.29, 0.717) is 41.8 Å². The van der Waals surface area contributed by atoms with E-state index in [1.165, 1.54) is 24.3 Å². The minimum Gasteiger partial charge on any atom is -0.382 e. The highest BCUT2D eigenvalue weighted by Crippen LogP contribution is 2.21. The third-order valence-electron chi connectivity index (χ3n) is 4.01. The zero-order chi connectivity index (χ0) is 21.3. The van der Waals surface area contributed by atoms with Crippen molar-refractivity contribution >= 4 is 39.1 Å². The summed E-state index contributed by atoms with van der Waals surface area (Å²) in [6.45, 7) is 3.15. The van der Waals surface area contributed by atoms with Gasteiger partial charge in [-0.15, -0.1) is 0 Å². The molecule has 0 saturated carbocycles. The van der Waals surface area contributed by atoms with Crippen LogP contribution in [0.1, 0.15) is 18.9 Å². The Bertz CT molecular complexity index is 905. The van der Waals surface area contributed by atoms with E-state index in [9.17, 15) is 13.2 Å². The van der Waals surface area contributed by atoms with Crippen molar-refractivity contribution < 1.29 is 17.9 Å². The van der Waals surface area contributed by atoms with Crippen molar-refractivity contribution in [3.8, 4) is 0 Å². The lowest BCUT2D eigenvalue weighted by atomic mass is 10.2. The first-order valence-corrected chi connectivity index (χ1v) is 11.4. The molecule has 0 unspecified atom stereocenters. The summed E-state index contributed by atoms with van der Waals surface area (Å²) in [7, 11) is -3.92. The number of hydrogen-bond donors (Lipinski definition) is 1. The van der Waals surface area contributed by atoms with Crippen molar-refractivity contribution in [1.82, 2.24) is 9.62 Å². The van der Waals surface area contributed by atoms with Crippen LogP contribution in [0.15, 0.2) is 53.4 Å². The molecule has 0 heterocycles. The van der Waals surface area contributed by atoms with Crippen molar-refractivity contribution in [1.29, 1.82) is 0 Å². The standard InChI is InChI=1S/C20H24Cl2N2O4S/c1-2-28-12-4-11-23-20(25)15-24(14-16-5-3-6-18(22)13-16)29(26,27)19-9-7-17(21)8-10-19/h3,5-10,13H,2,4,11-12,14-15H2,1H3,(H,23,25). The Balaban J connectivity index is 2.16. The molecule has 0 atom stereocenters. The maximum Gasteiger partial charge on any atom is 0.243 e. The van der Waals surface area contributed by atoms with Crippen molar-refractivity contribution in [3.63, 3.8) is 0 Å². The second kappa shape index (κ2) is 11.5. The molecule has 6 nitrogen and oxygen atoms in total. The third kappa shape index (κ3) is 7.60. The molecule has 0 fully saturated rings. The Hall–Kier alpha value is -1.64. The molecule has 0 aliphatic carbocycles. The zero-order valence-electron chi connectivity index (χ0n) is 16.1. The molecular formula is C20H24Cl2N2O4S. The Kier molecular flexibility index (Phi) is 9.39. The molecule has 0 radical (unpaired) electrons. The van der Waals surface area contributed by atoms with Crippen LogP contribution >= 0.6 is 23.2 Å². The van der Waals surface area contributed by atoms with Gasteiger partial charge in [0.05, 0.1) is 11.4 Å². The predicted molar refractivity (Wildman–Crippen MR) is 115 cm³/mol. The maximum atomic E-state index is 13.1. The van der Waals surface area contributed by atoms with Crippen LogP contribution in [0.2, 0.25) is 10.0 Å². The minimum atomic E-state index is -3.92. The molecule has 9 heteroatoms. The van der Waals surface area contributed by atoms with Crippen molar-refractivity contribution in [2.45, 2.75) is 24.8 Å². The van der Waals surface area contributed by atoms with Crippen molar-refractivity contribution in [2.24, 2.45) is 0 Å². The number of ether oxygens (including phenoxy) is 1. The summed E-state index contributed by atoms with van der Waals surface area (Å²) in [4.78, 5) is 12.4. The number of benzene rings is 2. The van der Waals surface area contributed by atoms with Gasteiger partial charge >= 0.3 is 0 Å². The van der Waals surface area contributed by atoms with E-state index in [4.69, 9.17) is 27.9 Å². The summed E-state index contributed by atoms with van der Waals surface area (Å²) in [5.74, 6) is -0.388. The molecule has 0 spiro atoms. The first kappa shape index (κ1) is 23.6. The molecular weight excluding hydrogens is 435 g/mol. The van der Waals surface area contributed by atoms with Gasteiger partial charge in [0.1, 0.15) is 0 Å². The van der Waals surface area contributed by atoms with Crippen LogP contribution in [0.3, 0.4) is 0 Å². The van der Waals surface area contributed by atoms with Crippen molar-refractivity contribution in [3.05, 3.63) is 64.1 Å². The monoisotopic (exact) mass is 458 g/mol. The summed E-state index contributed by atoms with van der Waals surface area (Å²) >= 11 is 11.9. The fourth-order valence-electron chi connectivity index (χ4n) is 2.58. The Morgan fingerprint density at radius 2 is 1.83 bits per heavy atom. The minimum absolute atomic E-state index is 0.0118. The van der Waals surface area contributed by atoms with Crippen LogP contribution in [0.5, 0.6) is 0 Å². The van der Waals surface area contributed by atoms with Crippen LogP contribution in [0.4, 0.5) is 0 Å². The molecule has 1 N–H and O–H groups in total. The molecule has 0 aliphatic rings. The van der Waals surface area contributed by atoms with E-state index < -0.39 is 10.0 Å². The fraction of sp³-hybridized carbons (Fsp3) is 0.350. The molecule has 0 bridgehead atoms. The highest BCUT2D eigenvalue weighted by Gasteiger charge is 2.27. The average molecular weight is 459 g/mol. The van der Waals surface area contributed by atoms with Crippen LogP contribution in [0.25, 0.3) is 0 Å². The number of carbonyl (C=O) groups excluding carboxylic acids is 1. The lowest BCUT2D eigenvalue weighted by Crippen LogP contribution is -2.40. The van der Waals surface area contributed by atoms with Gasteiger partial charge < -0.3 is 10.1 Å². The SMILES string of the molecule is CCOCCCNC(=O)CN(Cc1cccc(Cl)c1)S(=O)(=O)c1ccc(Cl)cc1. The number of sulfonamides is 1. The Morgan fingerprint density at radius 3 is 2.48 bits per heavy atom. The maximum absolute atomic E-state index is 13.1. The second-order valence-electron chi connectivity index (χ2n) is 6.26. The Morgan fingerprint density at radius 1 is 1.10 bits per heavy atom. The Labute approximate surface area is 181 Å². The second-order valence-corrected chi connectivity index (χ2v) is 9.07. The quantitative estimate of drug-likeness (QED) is 0.520. The van der Waals surface area contributed by atoms with E-state index in [0.717, 1.165) is 4.31 Å². The van der Waals surface area contributed by atoms with Crippen LogP contribution in [0, 0.1) is 0 Å². The number of nitrogens with one attached hydrogen (secondary N) is 1. The van der Waals surface area contributed by atoms with Gasteiger partial charge in [-0.3, -0.25) is 4.79 Å². The fourth-order valence-corrected chi connectivity index (χ4v) is 4.31. The van der Waals surface area contributed by atoms with E-state index >= 15 is 0 Å².